The number of esters is 1. The Labute approximate surface area is 172 Å². The topological polar surface area (TPSA) is 93.9 Å². The number of aromatic nitrogens is 3. The fourth-order valence-electron chi connectivity index (χ4n) is 3.03. The summed E-state index contributed by atoms with van der Waals surface area (Å²) in [5.74, 6) is 0.701. The lowest BCUT2D eigenvalue weighted by Gasteiger charge is -2.11. The lowest BCUT2D eigenvalue weighted by atomic mass is 10.1. The van der Waals surface area contributed by atoms with Crippen molar-refractivity contribution in [1.82, 2.24) is 14.7 Å². The molecule has 0 saturated heterocycles. The van der Waals surface area contributed by atoms with Gasteiger partial charge in [0.1, 0.15) is 11.6 Å². The first-order valence-electron chi connectivity index (χ1n) is 10.1. The van der Waals surface area contributed by atoms with Crippen LogP contribution in [0.2, 0.25) is 0 Å². The van der Waals surface area contributed by atoms with Crippen LogP contribution in [-0.2, 0) is 22.5 Å². The Kier molecular flexibility index (Phi) is 7.77. The standard InChI is InChI=1S/C22H30N4O3/c1-7-8-20-24-21(29-25-20)17(6)28-22(27)19(13-23)12-18-11-15(4)26(16(18)5)10-9-14(2)3/h11-12,14,17H,7-10H2,1-6H3/b19-12+. The number of hydrogen-bond acceptors (Lipinski definition) is 6. The van der Waals surface area contributed by atoms with Crippen molar-refractivity contribution in [3.8, 4) is 6.07 Å². The van der Waals surface area contributed by atoms with E-state index in [1.807, 2.05) is 32.9 Å². The maximum absolute atomic E-state index is 12.5. The molecule has 0 aliphatic rings. The van der Waals surface area contributed by atoms with Gasteiger partial charge in [-0.2, -0.15) is 10.2 Å². The average Bonchev–Trinajstić information content (AvgIpc) is 3.23. The summed E-state index contributed by atoms with van der Waals surface area (Å²) in [6.07, 6.45) is 3.51. The summed E-state index contributed by atoms with van der Waals surface area (Å²) < 4.78 is 12.7. The van der Waals surface area contributed by atoms with E-state index in [4.69, 9.17) is 9.26 Å². The normalized spacial score (nSPS) is 12.8. The van der Waals surface area contributed by atoms with Gasteiger partial charge in [-0.15, -0.1) is 0 Å². The Morgan fingerprint density at radius 3 is 2.72 bits per heavy atom. The third-order valence-corrected chi connectivity index (χ3v) is 4.77. The Morgan fingerprint density at radius 1 is 1.38 bits per heavy atom. The molecular weight excluding hydrogens is 368 g/mol. The van der Waals surface area contributed by atoms with Crippen molar-refractivity contribution in [2.24, 2.45) is 5.92 Å². The molecule has 0 aliphatic heterocycles. The maximum atomic E-state index is 12.5. The second-order valence-corrected chi connectivity index (χ2v) is 7.68. The predicted octanol–water partition coefficient (Wildman–Crippen LogP) is 4.70. The first kappa shape index (κ1) is 22.4. The average molecular weight is 399 g/mol. The van der Waals surface area contributed by atoms with Crippen molar-refractivity contribution in [1.29, 1.82) is 5.26 Å². The molecule has 1 atom stereocenters. The lowest BCUT2D eigenvalue weighted by Crippen LogP contribution is -2.11. The minimum Gasteiger partial charge on any atom is -0.448 e. The quantitative estimate of drug-likeness (QED) is 0.345. The fourth-order valence-corrected chi connectivity index (χ4v) is 3.03. The van der Waals surface area contributed by atoms with Gasteiger partial charge in [-0.3, -0.25) is 0 Å². The van der Waals surface area contributed by atoms with E-state index in [2.05, 4.69) is 28.6 Å². The highest BCUT2D eigenvalue weighted by molar-refractivity contribution is 5.98. The highest BCUT2D eigenvalue weighted by Crippen LogP contribution is 2.22. The van der Waals surface area contributed by atoms with Crippen LogP contribution < -0.4 is 0 Å². The monoisotopic (exact) mass is 398 g/mol. The van der Waals surface area contributed by atoms with Crippen LogP contribution in [0.3, 0.4) is 0 Å². The molecule has 7 nitrogen and oxygen atoms in total. The SMILES string of the molecule is CCCc1noc(C(C)OC(=O)/C(C#N)=C/c2cc(C)n(CCC(C)C)c2C)n1. The molecule has 156 valence electrons. The Balaban J connectivity index is 2.15. The summed E-state index contributed by atoms with van der Waals surface area (Å²) in [5.41, 5.74) is 2.91. The van der Waals surface area contributed by atoms with Gasteiger partial charge in [0, 0.05) is 24.4 Å². The van der Waals surface area contributed by atoms with Gasteiger partial charge in [-0.25, -0.2) is 4.79 Å². The summed E-state index contributed by atoms with van der Waals surface area (Å²) in [6.45, 7) is 13.0. The first-order chi connectivity index (χ1) is 13.8. The van der Waals surface area contributed by atoms with E-state index in [0.29, 0.717) is 18.2 Å². The lowest BCUT2D eigenvalue weighted by molar-refractivity contribution is -0.144. The van der Waals surface area contributed by atoms with Gasteiger partial charge in [-0.1, -0.05) is 25.9 Å². The number of rotatable bonds is 9. The van der Waals surface area contributed by atoms with Crippen molar-refractivity contribution >= 4 is 12.0 Å². The summed E-state index contributed by atoms with van der Waals surface area (Å²) >= 11 is 0. The largest absolute Gasteiger partial charge is 0.448 e. The molecule has 0 aromatic carbocycles. The molecule has 2 aromatic heterocycles. The number of carbonyl (C=O) groups is 1. The molecule has 29 heavy (non-hydrogen) atoms. The van der Waals surface area contributed by atoms with Crippen LogP contribution in [0.15, 0.2) is 16.2 Å². The van der Waals surface area contributed by atoms with Crippen LogP contribution >= 0.6 is 0 Å². The summed E-state index contributed by atoms with van der Waals surface area (Å²) in [5, 5.41) is 13.3. The molecular formula is C22H30N4O3. The minimum atomic E-state index is -0.726. The molecule has 7 heteroatoms. The van der Waals surface area contributed by atoms with Crippen LogP contribution in [0.4, 0.5) is 0 Å². The second kappa shape index (κ2) is 10.1. The van der Waals surface area contributed by atoms with Gasteiger partial charge in [0.05, 0.1) is 0 Å². The Hall–Kier alpha value is -2.88. The summed E-state index contributed by atoms with van der Waals surface area (Å²) in [7, 11) is 0. The van der Waals surface area contributed by atoms with Crippen LogP contribution in [0.1, 0.15) is 75.3 Å². The molecule has 0 saturated carbocycles. The maximum Gasteiger partial charge on any atom is 0.349 e. The van der Waals surface area contributed by atoms with Gasteiger partial charge < -0.3 is 13.8 Å². The van der Waals surface area contributed by atoms with Crippen LogP contribution in [0.5, 0.6) is 0 Å². The molecule has 0 fully saturated rings. The number of carbonyl (C=O) groups excluding carboxylic acids is 1. The molecule has 0 N–H and O–H groups in total. The van der Waals surface area contributed by atoms with Crippen LogP contribution in [0.25, 0.3) is 6.08 Å². The Bertz CT molecular complexity index is 915. The molecule has 0 bridgehead atoms. The Morgan fingerprint density at radius 2 is 2.10 bits per heavy atom. The van der Waals surface area contributed by atoms with E-state index < -0.39 is 12.1 Å². The smallest absolute Gasteiger partial charge is 0.349 e. The minimum absolute atomic E-state index is 0.0609. The molecule has 2 heterocycles. The highest BCUT2D eigenvalue weighted by Gasteiger charge is 2.21. The summed E-state index contributed by atoms with van der Waals surface area (Å²) in [4.78, 5) is 16.7. The van der Waals surface area contributed by atoms with E-state index in [9.17, 15) is 10.1 Å². The van der Waals surface area contributed by atoms with E-state index in [1.54, 1.807) is 13.0 Å². The van der Waals surface area contributed by atoms with Crippen LogP contribution in [-0.4, -0.2) is 20.7 Å². The van der Waals surface area contributed by atoms with Crippen molar-refractivity contribution in [2.45, 2.75) is 73.5 Å². The molecule has 0 spiro atoms. The molecule has 2 rings (SSSR count). The number of hydrogen-bond donors (Lipinski definition) is 0. The van der Waals surface area contributed by atoms with Gasteiger partial charge >= 0.3 is 5.97 Å². The second-order valence-electron chi connectivity index (χ2n) is 7.68. The molecule has 0 radical (unpaired) electrons. The zero-order valence-corrected chi connectivity index (χ0v) is 18.2. The van der Waals surface area contributed by atoms with Gasteiger partial charge in [-0.05, 0) is 57.2 Å². The van der Waals surface area contributed by atoms with Crippen molar-refractivity contribution in [2.75, 3.05) is 0 Å². The number of aryl methyl sites for hydroxylation is 2. The number of ether oxygens (including phenoxy) is 1. The zero-order chi connectivity index (χ0) is 21.6. The zero-order valence-electron chi connectivity index (χ0n) is 18.2. The third kappa shape index (κ3) is 5.80. The van der Waals surface area contributed by atoms with Crippen molar-refractivity contribution in [3.63, 3.8) is 0 Å². The third-order valence-electron chi connectivity index (χ3n) is 4.77. The van der Waals surface area contributed by atoms with Gasteiger partial charge in [0.2, 0.25) is 0 Å². The number of nitrogens with zero attached hydrogens (tertiary/aromatic N) is 4. The van der Waals surface area contributed by atoms with E-state index in [-0.39, 0.29) is 11.5 Å². The molecule has 0 amide bonds. The molecule has 2 aromatic rings. The van der Waals surface area contributed by atoms with Gasteiger partial charge in [0.15, 0.2) is 11.9 Å². The van der Waals surface area contributed by atoms with E-state index in [0.717, 1.165) is 36.3 Å². The summed E-state index contributed by atoms with van der Waals surface area (Å²) in [6, 6.07) is 3.93. The first-order valence-corrected chi connectivity index (χ1v) is 10.1. The van der Waals surface area contributed by atoms with Crippen molar-refractivity contribution < 1.29 is 14.1 Å². The fraction of sp³-hybridized carbons (Fsp3) is 0.545. The highest BCUT2D eigenvalue weighted by atomic mass is 16.6. The van der Waals surface area contributed by atoms with Crippen molar-refractivity contribution in [3.05, 3.63) is 40.3 Å². The van der Waals surface area contributed by atoms with E-state index in [1.165, 1.54) is 0 Å². The molecule has 1 unspecified atom stereocenters. The predicted molar refractivity (Wildman–Crippen MR) is 110 cm³/mol. The molecule has 0 aliphatic carbocycles. The van der Waals surface area contributed by atoms with E-state index >= 15 is 0 Å². The van der Waals surface area contributed by atoms with Gasteiger partial charge in [0.25, 0.3) is 5.89 Å². The number of nitriles is 1. The van der Waals surface area contributed by atoms with Crippen LogP contribution in [0, 0.1) is 31.1 Å².